The Morgan fingerprint density at radius 3 is 2.29 bits per heavy atom. The normalized spacial score (nSPS) is 10.2. The predicted octanol–water partition coefficient (Wildman–Crippen LogP) is 3.48. The Morgan fingerprint density at radius 1 is 0.968 bits per heavy atom. The zero-order valence-electron chi connectivity index (χ0n) is 15.6. The number of benzene rings is 2. The molecule has 0 aliphatic carbocycles. The van der Waals surface area contributed by atoms with Gasteiger partial charge in [-0.1, -0.05) is 24.3 Å². The van der Waals surface area contributed by atoms with Crippen molar-refractivity contribution in [3.8, 4) is 0 Å². The molecule has 3 N–H and O–H groups in total. The Bertz CT molecular complexity index is 1140. The van der Waals surface area contributed by atoms with Crippen molar-refractivity contribution in [2.45, 2.75) is 6.42 Å². The summed E-state index contributed by atoms with van der Waals surface area (Å²) in [7, 11) is 0. The minimum absolute atomic E-state index is 0.0704. The smallest absolute Gasteiger partial charge is 0.333 e. The van der Waals surface area contributed by atoms with E-state index in [4.69, 9.17) is 0 Å². The van der Waals surface area contributed by atoms with E-state index in [1.165, 1.54) is 24.3 Å². The average molecular weight is 488 g/mol. The molecule has 0 saturated carbocycles. The number of hydrazine groups is 1. The van der Waals surface area contributed by atoms with E-state index in [1.54, 1.807) is 24.3 Å². The van der Waals surface area contributed by atoms with Crippen LogP contribution in [0.2, 0.25) is 0 Å². The molecule has 1 aromatic heterocycles. The molecule has 1 heterocycles. The van der Waals surface area contributed by atoms with Crippen LogP contribution in [-0.4, -0.2) is 25.7 Å². The van der Waals surface area contributed by atoms with Gasteiger partial charge in [-0.05, 0) is 33.6 Å². The Kier molecular flexibility index (Phi) is 6.67. The lowest BCUT2D eigenvalue weighted by Gasteiger charge is -2.11. The number of halogens is 1. The van der Waals surface area contributed by atoms with Gasteiger partial charge >= 0.3 is 5.69 Å². The number of para-hydroxylation sites is 1. The SMILES string of the molecule is O=C(Cc1ccc([N+](=O)[O-])cc1)NNc1ncnc(Nc2ccccc2Br)c1[N+](=O)[O-]. The van der Waals surface area contributed by atoms with Crippen molar-refractivity contribution in [2.24, 2.45) is 0 Å². The number of rotatable bonds is 8. The lowest BCUT2D eigenvalue weighted by Crippen LogP contribution is -2.31. The van der Waals surface area contributed by atoms with Crippen molar-refractivity contribution in [3.05, 3.63) is 85.1 Å². The molecule has 158 valence electrons. The molecule has 0 unspecified atom stereocenters. The van der Waals surface area contributed by atoms with Gasteiger partial charge in [-0.2, -0.15) is 0 Å². The summed E-state index contributed by atoms with van der Waals surface area (Å²) in [6.45, 7) is 0. The van der Waals surface area contributed by atoms with E-state index >= 15 is 0 Å². The molecule has 0 aliphatic rings. The lowest BCUT2D eigenvalue weighted by atomic mass is 10.1. The number of nitro groups is 2. The van der Waals surface area contributed by atoms with Crippen molar-refractivity contribution >= 4 is 50.5 Å². The summed E-state index contributed by atoms with van der Waals surface area (Å²) in [4.78, 5) is 41.0. The maximum atomic E-state index is 12.2. The van der Waals surface area contributed by atoms with Gasteiger partial charge in [0.05, 0.1) is 22.0 Å². The van der Waals surface area contributed by atoms with Crippen LogP contribution in [0.3, 0.4) is 0 Å². The number of nitro benzene ring substituents is 1. The second-order valence-electron chi connectivity index (χ2n) is 6.05. The van der Waals surface area contributed by atoms with Crippen LogP contribution in [0, 0.1) is 20.2 Å². The summed E-state index contributed by atoms with van der Waals surface area (Å²) in [6, 6.07) is 12.5. The molecule has 12 nitrogen and oxygen atoms in total. The molecule has 0 aliphatic heterocycles. The van der Waals surface area contributed by atoms with Gasteiger partial charge in [0.2, 0.25) is 17.5 Å². The summed E-state index contributed by atoms with van der Waals surface area (Å²) < 4.78 is 0.675. The van der Waals surface area contributed by atoms with Crippen LogP contribution in [0.1, 0.15) is 5.56 Å². The first-order valence-electron chi connectivity index (χ1n) is 8.64. The second kappa shape index (κ2) is 9.58. The number of hydrogen-bond donors (Lipinski definition) is 3. The van der Waals surface area contributed by atoms with E-state index in [2.05, 4.69) is 42.1 Å². The quantitative estimate of drug-likeness (QED) is 0.318. The van der Waals surface area contributed by atoms with Crippen LogP contribution in [0.25, 0.3) is 0 Å². The number of non-ortho nitro benzene ring substituents is 1. The van der Waals surface area contributed by atoms with Crippen molar-refractivity contribution < 1.29 is 14.6 Å². The summed E-state index contributed by atoms with van der Waals surface area (Å²) in [5.74, 6) is -0.812. The number of carbonyl (C=O) groups is 1. The first-order valence-corrected chi connectivity index (χ1v) is 9.43. The molecular formula is C18H14BrN7O5. The number of anilines is 3. The van der Waals surface area contributed by atoms with Gasteiger partial charge in [0.1, 0.15) is 6.33 Å². The standard InChI is InChI=1S/C18H14BrN7O5/c19-13-3-1-2-4-14(13)22-17-16(26(30)31)18(21-10-20-17)24-23-15(27)9-11-5-7-12(8-6-11)25(28)29/h1-8,10H,9H2,(H,23,27)(H2,20,21,22,24). The van der Waals surface area contributed by atoms with Crippen molar-refractivity contribution in [2.75, 3.05) is 10.7 Å². The molecule has 13 heteroatoms. The zero-order valence-corrected chi connectivity index (χ0v) is 17.2. The zero-order chi connectivity index (χ0) is 22.4. The third kappa shape index (κ3) is 5.48. The number of amides is 1. The van der Waals surface area contributed by atoms with Gasteiger partial charge in [-0.15, -0.1) is 0 Å². The lowest BCUT2D eigenvalue weighted by molar-refractivity contribution is -0.384. The number of nitrogens with zero attached hydrogens (tertiary/aromatic N) is 4. The topological polar surface area (TPSA) is 165 Å². The predicted molar refractivity (Wildman–Crippen MR) is 115 cm³/mol. The van der Waals surface area contributed by atoms with E-state index in [0.717, 1.165) is 6.33 Å². The Labute approximate surface area is 183 Å². The molecule has 0 spiro atoms. The van der Waals surface area contributed by atoms with E-state index < -0.39 is 21.4 Å². The van der Waals surface area contributed by atoms with Gasteiger partial charge in [0.15, 0.2) is 0 Å². The van der Waals surface area contributed by atoms with Gasteiger partial charge < -0.3 is 5.32 Å². The van der Waals surface area contributed by atoms with Gasteiger partial charge in [-0.25, -0.2) is 9.97 Å². The molecule has 3 rings (SSSR count). The maximum absolute atomic E-state index is 12.2. The monoisotopic (exact) mass is 487 g/mol. The molecule has 0 fully saturated rings. The number of hydrogen-bond acceptors (Lipinski definition) is 9. The maximum Gasteiger partial charge on any atom is 0.355 e. The molecule has 0 bridgehead atoms. The molecule has 1 amide bonds. The van der Waals surface area contributed by atoms with Crippen molar-refractivity contribution in [1.29, 1.82) is 0 Å². The highest BCUT2D eigenvalue weighted by Gasteiger charge is 2.24. The summed E-state index contributed by atoms with van der Waals surface area (Å²) in [5.41, 5.74) is 5.28. The molecule has 3 aromatic rings. The fourth-order valence-electron chi connectivity index (χ4n) is 2.52. The van der Waals surface area contributed by atoms with Crippen molar-refractivity contribution in [1.82, 2.24) is 15.4 Å². The van der Waals surface area contributed by atoms with E-state index in [1.807, 2.05) is 0 Å². The molecule has 0 saturated heterocycles. The first-order chi connectivity index (χ1) is 14.8. The summed E-state index contributed by atoms with van der Waals surface area (Å²) in [6.07, 6.45) is 1.00. The number of nitrogens with one attached hydrogen (secondary N) is 3. The molecule has 0 atom stereocenters. The highest BCUT2D eigenvalue weighted by molar-refractivity contribution is 9.10. The van der Waals surface area contributed by atoms with E-state index in [0.29, 0.717) is 15.7 Å². The minimum atomic E-state index is -0.677. The van der Waals surface area contributed by atoms with Crippen LogP contribution < -0.4 is 16.2 Å². The Hall–Kier alpha value is -4.13. The molecule has 31 heavy (non-hydrogen) atoms. The van der Waals surface area contributed by atoms with E-state index in [9.17, 15) is 25.0 Å². The molecule has 2 aromatic carbocycles. The van der Waals surface area contributed by atoms with Crippen LogP contribution >= 0.6 is 15.9 Å². The number of aromatic nitrogens is 2. The highest BCUT2D eigenvalue weighted by atomic mass is 79.9. The first kappa shape index (κ1) is 21.6. The van der Waals surface area contributed by atoms with Gasteiger partial charge in [0, 0.05) is 16.6 Å². The largest absolute Gasteiger partial charge is 0.355 e. The van der Waals surface area contributed by atoms with Crippen LogP contribution in [0.5, 0.6) is 0 Å². The van der Waals surface area contributed by atoms with E-state index in [-0.39, 0.29) is 23.7 Å². The fourth-order valence-corrected chi connectivity index (χ4v) is 2.90. The highest BCUT2D eigenvalue weighted by Crippen LogP contribution is 2.33. The van der Waals surface area contributed by atoms with Crippen LogP contribution in [-0.2, 0) is 11.2 Å². The molecule has 0 radical (unpaired) electrons. The summed E-state index contributed by atoms with van der Waals surface area (Å²) >= 11 is 3.34. The third-order valence-electron chi connectivity index (χ3n) is 3.96. The fraction of sp³-hybridized carbons (Fsp3) is 0.0556. The third-order valence-corrected chi connectivity index (χ3v) is 4.66. The minimum Gasteiger partial charge on any atom is -0.333 e. The average Bonchev–Trinajstić information content (AvgIpc) is 2.74. The Morgan fingerprint density at radius 2 is 1.65 bits per heavy atom. The second-order valence-corrected chi connectivity index (χ2v) is 6.91. The molecular weight excluding hydrogens is 474 g/mol. The van der Waals surface area contributed by atoms with Crippen molar-refractivity contribution in [3.63, 3.8) is 0 Å². The van der Waals surface area contributed by atoms with Crippen LogP contribution in [0.4, 0.5) is 28.7 Å². The van der Waals surface area contributed by atoms with Gasteiger partial charge in [-0.3, -0.25) is 35.9 Å². The Balaban J connectivity index is 1.72. The summed E-state index contributed by atoms with van der Waals surface area (Å²) in [5, 5.41) is 25.1. The van der Waals surface area contributed by atoms with Crippen LogP contribution in [0.15, 0.2) is 59.3 Å². The van der Waals surface area contributed by atoms with Gasteiger partial charge in [0.25, 0.3) is 5.69 Å². The number of carbonyl (C=O) groups excluding carboxylic acids is 1.